The molecule has 17 heavy (non-hydrogen) atoms. The zero-order valence-electron chi connectivity index (χ0n) is 11.3. The molecule has 1 amide bonds. The summed E-state index contributed by atoms with van der Waals surface area (Å²) in [6.45, 7) is 7.60. The van der Waals surface area contributed by atoms with Gasteiger partial charge in [-0.15, -0.1) is 0 Å². The fraction of sp³-hybridized carbons (Fsp3) is 0.923. The van der Waals surface area contributed by atoms with Crippen molar-refractivity contribution in [3.05, 3.63) is 0 Å². The van der Waals surface area contributed by atoms with Crippen molar-refractivity contribution in [2.24, 2.45) is 0 Å². The highest BCUT2D eigenvalue weighted by atomic mass is 16.5. The predicted octanol–water partition coefficient (Wildman–Crippen LogP) is 1.45. The first-order valence-electron chi connectivity index (χ1n) is 6.83. The molecule has 0 heterocycles. The average Bonchev–Trinajstić information content (AvgIpc) is 2.32. The third-order valence-corrected chi connectivity index (χ3v) is 3.28. The Kier molecular flexibility index (Phi) is 6.52. The Morgan fingerprint density at radius 2 is 1.88 bits per heavy atom. The van der Waals surface area contributed by atoms with Crippen LogP contribution in [-0.2, 0) is 9.53 Å². The Labute approximate surface area is 104 Å². The van der Waals surface area contributed by atoms with Crippen molar-refractivity contribution in [3.63, 3.8) is 0 Å². The number of nitrogens with one attached hydrogen (secondary N) is 2. The molecule has 1 saturated carbocycles. The topological polar surface area (TPSA) is 50.4 Å². The summed E-state index contributed by atoms with van der Waals surface area (Å²) in [7, 11) is 0. The Morgan fingerprint density at radius 3 is 2.41 bits per heavy atom. The van der Waals surface area contributed by atoms with Gasteiger partial charge in [0.2, 0.25) is 5.91 Å². The first-order valence-corrected chi connectivity index (χ1v) is 6.83. The number of rotatable bonds is 6. The van der Waals surface area contributed by atoms with Gasteiger partial charge in [-0.05, 0) is 46.1 Å². The van der Waals surface area contributed by atoms with Gasteiger partial charge in [0.05, 0.1) is 6.10 Å². The van der Waals surface area contributed by atoms with Crippen LogP contribution in [0.5, 0.6) is 0 Å². The zero-order valence-corrected chi connectivity index (χ0v) is 11.3. The number of hydrogen-bond donors (Lipinski definition) is 2. The Bertz CT molecular complexity index is 225. The smallest absolute Gasteiger partial charge is 0.248 e. The molecule has 1 rings (SSSR count). The standard InChI is InChI=1S/C13H26N2O2/c1-4-14-11-6-8-12(9-7-11)17-10(3)13(16)15-5-2/h10-12,14H,4-9H2,1-3H3,(H,15,16). The van der Waals surface area contributed by atoms with E-state index in [9.17, 15) is 4.79 Å². The SMILES string of the molecule is CCNC(=O)C(C)OC1CCC(NCC)CC1. The van der Waals surface area contributed by atoms with Crippen LogP contribution >= 0.6 is 0 Å². The summed E-state index contributed by atoms with van der Waals surface area (Å²) >= 11 is 0. The summed E-state index contributed by atoms with van der Waals surface area (Å²) in [6.07, 6.45) is 4.35. The number of ether oxygens (including phenoxy) is 1. The van der Waals surface area contributed by atoms with Crippen molar-refractivity contribution in [2.75, 3.05) is 13.1 Å². The molecule has 0 radical (unpaired) electrons. The molecule has 1 fully saturated rings. The normalized spacial score (nSPS) is 26.5. The molecule has 0 saturated heterocycles. The number of carbonyl (C=O) groups is 1. The third-order valence-electron chi connectivity index (χ3n) is 3.28. The van der Waals surface area contributed by atoms with Crippen LogP contribution in [0.25, 0.3) is 0 Å². The van der Waals surface area contributed by atoms with E-state index in [2.05, 4.69) is 17.6 Å². The van der Waals surface area contributed by atoms with E-state index < -0.39 is 0 Å². The lowest BCUT2D eigenvalue weighted by molar-refractivity contribution is -0.136. The summed E-state index contributed by atoms with van der Waals surface area (Å²) in [5.74, 6) is 0.00121. The first kappa shape index (κ1) is 14.5. The Morgan fingerprint density at radius 1 is 1.24 bits per heavy atom. The molecule has 1 unspecified atom stereocenters. The lowest BCUT2D eigenvalue weighted by Gasteiger charge is -2.30. The summed E-state index contributed by atoms with van der Waals surface area (Å²) in [5, 5.41) is 6.25. The maximum Gasteiger partial charge on any atom is 0.248 e. The average molecular weight is 242 g/mol. The van der Waals surface area contributed by atoms with Crippen LogP contribution in [0, 0.1) is 0 Å². The molecule has 1 aliphatic rings. The molecule has 1 aliphatic carbocycles. The molecule has 1 atom stereocenters. The molecule has 0 aliphatic heterocycles. The van der Waals surface area contributed by atoms with Crippen LogP contribution < -0.4 is 10.6 Å². The molecule has 4 heteroatoms. The van der Waals surface area contributed by atoms with Crippen LogP contribution in [-0.4, -0.2) is 37.2 Å². The highest BCUT2D eigenvalue weighted by Gasteiger charge is 2.24. The van der Waals surface area contributed by atoms with E-state index in [1.165, 1.54) is 0 Å². The highest BCUT2D eigenvalue weighted by molar-refractivity contribution is 5.80. The van der Waals surface area contributed by atoms with E-state index >= 15 is 0 Å². The monoisotopic (exact) mass is 242 g/mol. The molecule has 0 bridgehead atoms. The van der Waals surface area contributed by atoms with Crippen molar-refractivity contribution in [3.8, 4) is 0 Å². The maximum absolute atomic E-state index is 11.5. The lowest BCUT2D eigenvalue weighted by Crippen LogP contribution is -2.40. The van der Waals surface area contributed by atoms with Gasteiger partial charge in [-0.2, -0.15) is 0 Å². The predicted molar refractivity (Wildman–Crippen MR) is 69.0 cm³/mol. The van der Waals surface area contributed by atoms with Gasteiger partial charge in [-0.3, -0.25) is 4.79 Å². The van der Waals surface area contributed by atoms with Crippen molar-refractivity contribution in [2.45, 2.75) is 64.7 Å². The summed E-state index contributed by atoms with van der Waals surface area (Å²) in [5.41, 5.74) is 0. The van der Waals surface area contributed by atoms with Gasteiger partial charge in [-0.1, -0.05) is 6.92 Å². The van der Waals surface area contributed by atoms with Crippen LogP contribution in [0.1, 0.15) is 46.5 Å². The van der Waals surface area contributed by atoms with E-state index in [0.29, 0.717) is 12.6 Å². The Hall–Kier alpha value is -0.610. The van der Waals surface area contributed by atoms with Crippen LogP contribution in [0.2, 0.25) is 0 Å². The van der Waals surface area contributed by atoms with Crippen molar-refractivity contribution in [1.82, 2.24) is 10.6 Å². The minimum Gasteiger partial charge on any atom is -0.365 e. The third kappa shape index (κ3) is 5.04. The summed E-state index contributed by atoms with van der Waals surface area (Å²) in [6, 6.07) is 0.639. The van der Waals surface area contributed by atoms with E-state index in [0.717, 1.165) is 32.2 Å². The zero-order chi connectivity index (χ0) is 12.7. The summed E-state index contributed by atoms with van der Waals surface area (Å²) < 4.78 is 5.79. The summed E-state index contributed by atoms with van der Waals surface area (Å²) in [4.78, 5) is 11.5. The molecular weight excluding hydrogens is 216 g/mol. The number of likely N-dealkylation sites (N-methyl/N-ethyl adjacent to an activating group) is 1. The fourth-order valence-corrected chi connectivity index (χ4v) is 2.36. The van der Waals surface area contributed by atoms with Gasteiger partial charge >= 0.3 is 0 Å². The van der Waals surface area contributed by atoms with Crippen molar-refractivity contribution >= 4 is 5.91 Å². The van der Waals surface area contributed by atoms with E-state index in [-0.39, 0.29) is 18.1 Å². The van der Waals surface area contributed by atoms with E-state index in [4.69, 9.17) is 4.74 Å². The van der Waals surface area contributed by atoms with Crippen molar-refractivity contribution < 1.29 is 9.53 Å². The number of carbonyl (C=O) groups excluding carboxylic acids is 1. The van der Waals surface area contributed by atoms with Gasteiger partial charge in [0, 0.05) is 12.6 Å². The minimum atomic E-state index is -0.323. The second-order valence-electron chi connectivity index (χ2n) is 4.70. The van der Waals surface area contributed by atoms with Crippen molar-refractivity contribution in [1.29, 1.82) is 0 Å². The minimum absolute atomic E-state index is 0.00121. The van der Waals surface area contributed by atoms with Gasteiger partial charge < -0.3 is 15.4 Å². The van der Waals surface area contributed by atoms with E-state index in [1.54, 1.807) is 0 Å². The first-order chi connectivity index (χ1) is 8.17. The second kappa shape index (κ2) is 7.67. The molecule has 0 aromatic heterocycles. The number of amides is 1. The molecule has 0 aromatic carbocycles. The van der Waals surface area contributed by atoms with Gasteiger partial charge in [0.1, 0.15) is 6.10 Å². The largest absolute Gasteiger partial charge is 0.365 e. The molecule has 0 spiro atoms. The molecule has 2 N–H and O–H groups in total. The molecule has 100 valence electrons. The molecule has 0 aromatic rings. The quantitative estimate of drug-likeness (QED) is 0.741. The molecular formula is C13H26N2O2. The van der Waals surface area contributed by atoms with E-state index in [1.807, 2.05) is 13.8 Å². The maximum atomic E-state index is 11.5. The van der Waals surface area contributed by atoms with Crippen LogP contribution in [0.3, 0.4) is 0 Å². The van der Waals surface area contributed by atoms with Gasteiger partial charge in [0.25, 0.3) is 0 Å². The van der Waals surface area contributed by atoms with Crippen LogP contribution in [0.15, 0.2) is 0 Å². The second-order valence-corrected chi connectivity index (χ2v) is 4.70. The molecule has 4 nitrogen and oxygen atoms in total. The van der Waals surface area contributed by atoms with Gasteiger partial charge in [-0.25, -0.2) is 0 Å². The van der Waals surface area contributed by atoms with Crippen LogP contribution in [0.4, 0.5) is 0 Å². The fourth-order valence-electron chi connectivity index (χ4n) is 2.36. The highest BCUT2D eigenvalue weighted by Crippen LogP contribution is 2.22. The number of hydrogen-bond acceptors (Lipinski definition) is 3. The lowest BCUT2D eigenvalue weighted by atomic mass is 9.93. The Balaban J connectivity index is 2.23. The van der Waals surface area contributed by atoms with Gasteiger partial charge in [0.15, 0.2) is 0 Å².